The van der Waals surface area contributed by atoms with Crippen molar-refractivity contribution in [3.63, 3.8) is 0 Å². The predicted octanol–water partition coefficient (Wildman–Crippen LogP) is 2.90. The Bertz CT molecular complexity index is 781. The van der Waals surface area contributed by atoms with E-state index in [1.165, 1.54) is 6.20 Å². The maximum atomic E-state index is 12.3. The van der Waals surface area contributed by atoms with Crippen molar-refractivity contribution < 1.29 is 9.52 Å². The summed E-state index contributed by atoms with van der Waals surface area (Å²) in [5.41, 5.74) is 1.10. The van der Waals surface area contributed by atoms with Crippen molar-refractivity contribution in [1.82, 2.24) is 0 Å². The molecular weight excluding hydrogens is 250 g/mol. The Morgan fingerprint density at radius 2 is 1.70 bits per heavy atom. The van der Waals surface area contributed by atoms with Gasteiger partial charge in [-0.05, 0) is 22.9 Å². The van der Waals surface area contributed by atoms with E-state index in [0.717, 1.165) is 15.5 Å². The van der Waals surface area contributed by atoms with Gasteiger partial charge in [0.25, 0.3) is 0 Å². The molecule has 0 fully saturated rings. The van der Waals surface area contributed by atoms with E-state index in [-0.39, 0.29) is 12.2 Å². The first kappa shape index (κ1) is 12.4. The van der Waals surface area contributed by atoms with Crippen molar-refractivity contribution in [3.8, 4) is 0 Å². The number of ketones is 1. The molecule has 0 aliphatic carbocycles. The molecule has 0 N–H and O–H groups in total. The van der Waals surface area contributed by atoms with Gasteiger partial charge in [0.05, 0.1) is 6.42 Å². The molecule has 0 saturated heterocycles. The summed E-state index contributed by atoms with van der Waals surface area (Å²) in [7, 11) is 0. The van der Waals surface area contributed by atoms with Crippen LogP contribution in [0.25, 0.3) is 10.8 Å². The summed E-state index contributed by atoms with van der Waals surface area (Å²) in [5.74, 6) is -0.0495. The molecule has 0 saturated carbocycles. The third kappa shape index (κ3) is 2.38. The average molecular weight is 263 g/mol. The van der Waals surface area contributed by atoms with Crippen molar-refractivity contribution in [3.05, 3.63) is 83.3 Å². The highest BCUT2D eigenvalue weighted by atomic mass is 16.5. The van der Waals surface area contributed by atoms with Crippen LogP contribution in [0.5, 0.6) is 0 Å². The van der Waals surface area contributed by atoms with Gasteiger partial charge in [-0.3, -0.25) is 4.79 Å². The lowest BCUT2D eigenvalue weighted by Crippen LogP contribution is -2.32. The van der Waals surface area contributed by atoms with Gasteiger partial charge in [0, 0.05) is 17.7 Å². The monoisotopic (exact) mass is 263 g/mol. The van der Waals surface area contributed by atoms with E-state index in [1.54, 1.807) is 18.2 Å². The number of aromatic nitrogens is 1. The van der Waals surface area contributed by atoms with E-state index in [0.29, 0.717) is 11.3 Å². The van der Waals surface area contributed by atoms with Crippen molar-refractivity contribution >= 4 is 16.6 Å². The normalized spacial score (nSPS) is 10.6. The minimum atomic E-state index is -0.0495. The molecule has 3 aromatic rings. The summed E-state index contributed by atoms with van der Waals surface area (Å²) in [6.45, 7) is 0. The van der Waals surface area contributed by atoms with Gasteiger partial charge < -0.3 is 5.21 Å². The fourth-order valence-corrected chi connectivity index (χ4v) is 2.23. The molecule has 0 unspecified atom stereocenters. The number of benzene rings is 2. The standard InChI is InChI=1S/C17H13NO2/c19-17(12-16-7-3-4-10-18(16)20)15-9-8-13-5-1-2-6-14(13)11-15/h1-11H,12H2. The molecule has 3 rings (SSSR count). The van der Waals surface area contributed by atoms with Gasteiger partial charge in [0.1, 0.15) is 0 Å². The second-order valence-corrected chi connectivity index (χ2v) is 4.68. The van der Waals surface area contributed by atoms with Crippen molar-refractivity contribution in [2.45, 2.75) is 6.42 Å². The topological polar surface area (TPSA) is 44.0 Å². The molecule has 0 amide bonds. The van der Waals surface area contributed by atoms with Crippen molar-refractivity contribution in [1.29, 1.82) is 0 Å². The number of Topliss-reactive ketones (excluding diaryl/α,β-unsaturated/α-hetero) is 1. The summed E-state index contributed by atoms with van der Waals surface area (Å²) in [5, 5.41) is 13.7. The number of hydrogen-bond acceptors (Lipinski definition) is 2. The molecule has 1 heterocycles. The lowest BCUT2D eigenvalue weighted by atomic mass is 10.0. The van der Waals surface area contributed by atoms with Gasteiger partial charge in [-0.1, -0.05) is 36.4 Å². The van der Waals surface area contributed by atoms with Gasteiger partial charge in [-0.25, -0.2) is 0 Å². The molecule has 98 valence electrons. The molecule has 2 aromatic carbocycles. The highest BCUT2D eigenvalue weighted by molar-refractivity contribution is 6.00. The van der Waals surface area contributed by atoms with E-state index in [4.69, 9.17) is 0 Å². The Kier molecular flexibility index (Phi) is 3.17. The minimum Gasteiger partial charge on any atom is -0.618 e. The first-order valence-electron chi connectivity index (χ1n) is 6.43. The number of pyridine rings is 1. The van der Waals surface area contributed by atoms with Gasteiger partial charge in [-0.15, -0.1) is 0 Å². The quantitative estimate of drug-likeness (QED) is 0.414. The Labute approximate surface area is 116 Å². The second kappa shape index (κ2) is 5.13. The summed E-state index contributed by atoms with van der Waals surface area (Å²) in [6, 6.07) is 18.6. The van der Waals surface area contributed by atoms with Crippen LogP contribution in [-0.2, 0) is 6.42 Å². The predicted molar refractivity (Wildman–Crippen MR) is 77.4 cm³/mol. The molecule has 0 aliphatic heterocycles. The van der Waals surface area contributed by atoms with Crippen LogP contribution in [0.4, 0.5) is 0 Å². The maximum Gasteiger partial charge on any atom is 0.200 e. The van der Waals surface area contributed by atoms with E-state index in [9.17, 15) is 10.0 Å². The first-order valence-corrected chi connectivity index (χ1v) is 6.43. The fraction of sp³-hybridized carbons (Fsp3) is 0.0588. The van der Waals surface area contributed by atoms with E-state index < -0.39 is 0 Å². The van der Waals surface area contributed by atoms with E-state index >= 15 is 0 Å². The number of hydrogen-bond donors (Lipinski definition) is 0. The number of rotatable bonds is 3. The molecule has 0 radical (unpaired) electrons. The minimum absolute atomic E-state index is 0.0495. The first-order chi connectivity index (χ1) is 9.74. The van der Waals surface area contributed by atoms with Crippen LogP contribution in [0.1, 0.15) is 16.1 Å². The van der Waals surface area contributed by atoms with E-state index in [2.05, 4.69) is 0 Å². The molecule has 3 heteroatoms. The SMILES string of the molecule is O=C(Cc1cccc[n+]1[O-])c1ccc2ccccc2c1. The smallest absolute Gasteiger partial charge is 0.200 e. The summed E-state index contributed by atoms with van der Waals surface area (Å²) >= 11 is 0. The molecule has 0 aliphatic rings. The van der Waals surface area contributed by atoms with Crippen LogP contribution in [0.15, 0.2) is 66.9 Å². The second-order valence-electron chi connectivity index (χ2n) is 4.68. The Morgan fingerprint density at radius 3 is 2.50 bits per heavy atom. The average Bonchev–Trinajstić information content (AvgIpc) is 2.49. The molecule has 20 heavy (non-hydrogen) atoms. The maximum absolute atomic E-state index is 12.3. The largest absolute Gasteiger partial charge is 0.618 e. The molecule has 1 aromatic heterocycles. The van der Waals surface area contributed by atoms with Gasteiger partial charge in [-0.2, -0.15) is 4.73 Å². The lowest BCUT2D eigenvalue weighted by Gasteiger charge is -2.04. The third-order valence-corrected chi connectivity index (χ3v) is 3.32. The van der Waals surface area contributed by atoms with Crippen LogP contribution >= 0.6 is 0 Å². The Hall–Kier alpha value is -2.68. The lowest BCUT2D eigenvalue weighted by molar-refractivity contribution is -0.613. The molecule has 0 spiro atoms. The zero-order valence-electron chi connectivity index (χ0n) is 10.8. The number of carbonyl (C=O) groups is 1. The number of nitrogens with zero attached hydrogens (tertiary/aromatic N) is 1. The summed E-state index contributed by atoms with van der Waals surface area (Å²) in [4.78, 5) is 12.3. The van der Waals surface area contributed by atoms with Crippen LogP contribution in [0.3, 0.4) is 0 Å². The van der Waals surface area contributed by atoms with Crippen LogP contribution in [-0.4, -0.2) is 5.78 Å². The highest BCUT2D eigenvalue weighted by Crippen LogP contribution is 2.16. The van der Waals surface area contributed by atoms with Crippen LogP contribution in [0.2, 0.25) is 0 Å². The Balaban J connectivity index is 1.91. The molecule has 3 nitrogen and oxygen atoms in total. The van der Waals surface area contributed by atoms with Gasteiger partial charge in [0.2, 0.25) is 5.69 Å². The van der Waals surface area contributed by atoms with E-state index in [1.807, 2.05) is 42.5 Å². The van der Waals surface area contributed by atoms with Gasteiger partial charge in [0.15, 0.2) is 12.0 Å². The van der Waals surface area contributed by atoms with Crippen LogP contribution in [0, 0.1) is 5.21 Å². The number of fused-ring (bicyclic) bond motifs is 1. The van der Waals surface area contributed by atoms with Crippen molar-refractivity contribution in [2.24, 2.45) is 0 Å². The summed E-state index contributed by atoms with van der Waals surface area (Å²) < 4.78 is 0.735. The van der Waals surface area contributed by atoms with Gasteiger partial charge >= 0.3 is 0 Å². The van der Waals surface area contributed by atoms with Crippen LogP contribution < -0.4 is 4.73 Å². The Morgan fingerprint density at radius 1 is 0.950 bits per heavy atom. The molecular formula is C17H13NO2. The van der Waals surface area contributed by atoms with Crippen molar-refractivity contribution in [2.75, 3.05) is 0 Å². The third-order valence-electron chi connectivity index (χ3n) is 3.32. The number of carbonyl (C=O) groups excluding carboxylic acids is 1. The highest BCUT2D eigenvalue weighted by Gasteiger charge is 2.13. The summed E-state index contributed by atoms with van der Waals surface area (Å²) in [6.07, 6.45) is 1.52. The fourth-order valence-electron chi connectivity index (χ4n) is 2.23. The molecule has 0 bridgehead atoms. The zero-order valence-corrected chi connectivity index (χ0v) is 10.8. The zero-order chi connectivity index (χ0) is 13.9. The molecule has 0 atom stereocenters.